The van der Waals surface area contributed by atoms with Crippen molar-refractivity contribution in [2.45, 2.75) is 26.7 Å². The summed E-state index contributed by atoms with van der Waals surface area (Å²) in [6.45, 7) is 4.12. The molecule has 0 aromatic heterocycles. The van der Waals surface area contributed by atoms with Crippen LogP contribution in [0.25, 0.3) is 0 Å². The third-order valence-corrected chi connectivity index (χ3v) is 3.96. The van der Waals surface area contributed by atoms with Gasteiger partial charge in [-0.3, -0.25) is 9.00 Å². The third-order valence-electron chi connectivity index (χ3n) is 2.65. The van der Waals surface area contributed by atoms with Gasteiger partial charge in [0, 0.05) is 29.4 Å². The Bertz CT molecular complexity index is 295. The normalized spacial score (nSPS) is 16.2. The zero-order valence-corrected chi connectivity index (χ0v) is 11.7. The summed E-state index contributed by atoms with van der Waals surface area (Å²) >= 11 is 4.89. The highest BCUT2D eigenvalue weighted by molar-refractivity contribution is 7.84. The van der Waals surface area contributed by atoms with Crippen LogP contribution in [-0.2, 0) is 15.6 Å². The van der Waals surface area contributed by atoms with E-state index >= 15 is 0 Å². The Morgan fingerprint density at radius 1 is 1.56 bits per heavy atom. The Balaban J connectivity index is 4.14. The largest absolute Gasteiger partial charge is 0.392 e. The lowest BCUT2D eigenvalue weighted by atomic mass is 9.86. The maximum absolute atomic E-state index is 11.8. The van der Waals surface area contributed by atoms with Crippen molar-refractivity contribution in [3.8, 4) is 0 Å². The molecular formula is C10H20N2O2S2. The van der Waals surface area contributed by atoms with Crippen molar-refractivity contribution in [3.05, 3.63) is 0 Å². The lowest BCUT2D eigenvalue weighted by Gasteiger charge is -2.25. The third kappa shape index (κ3) is 4.57. The maximum atomic E-state index is 11.8. The number of amides is 1. The number of hydrogen-bond donors (Lipinski definition) is 2. The van der Waals surface area contributed by atoms with Gasteiger partial charge in [-0.15, -0.1) is 0 Å². The van der Waals surface area contributed by atoms with Crippen LogP contribution in [0.5, 0.6) is 0 Å². The molecule has 0 bridgehead atoms. The van der Waals surface area contributed by atoms with Crippen LogP contribution >= 0.6 is 12.2 Å². The molecule has 2 atom stereocenters. The molecule has 0 fully saturated rings. The van der Waals surface area contributed by atoms with E-state index in [-0.39, 0.29) is 10.9 Å². The monoisotopic (exact) mass is 264 g/mol. The van der Waals surface area contributed by atoms with Crippen molar-refractivity contribution < 1.29 is 9.00 Å². The van der Waals surface area contributed by atoms with Crippen LogP contribution in [0.3, 0.4) is 0 Å². The van der Waals surface area contributed by atoms with Gasteiger partial charge in [0.2, 0.25) is 5.91 Å². The molecule has 0 saturated carbocycles. The smallest absolute Gasteiger partial charge is 0.232 e. The highest BCUT2D eigenvalue weighted by Crippen LogP contribution is 2.21. The Morgan fingerprint density at radius 2 is 2.12 bits per heavy atom. The van der Waals surface area contributed by atoms with Gasteiger partial charge >= 0.3 is 0 Å². The van der Waals surface area contributed by atoms with E-state index in [9.17, 15) is 9.00 Å². The fourth-order valence-corrected chi connectivity index (χ4v) is 1.91. The average molecular weight is 264 g/mol. The van der Waals surface area contributed by atoms with Crippen LogP contribution in [-0.4, -0.2) is 33.7 Å². The van der Waals surface area contributed by atoms with Gasteiger partial charge in [0.05, 0.1) is 10.4 Å². The van der Waals surface area contributed by atoms with Crippen LogP contribution in [0.1, 0.15) is 26.7 Å². The minimum atomic E-state index is -0.814. The topological polar surface area (TPSA) is 72.2 Å². The fraction of sp³-hybridized carbons (Fsp3) is 0.800. The Hall–Kier alpha value is -0.490. The number of rotatable bonds is 7. The highest BCUT2D eigenvalue weighted by Gasteiger charge is 2.34. The van der Waals surface area contributed by atoms with E-state index in [0.717, 1.165) is 0 Å². The molecule has 0 aliphatic heterocycles. The molecule has 2 unspecified atom stereocenters. The molecule has 0 aromatic rings. The number of carbonyl (C=O) groups excluding carboxylic acids is 1. The zero-order valence-electron chi connectivity index (χ0n) is 10.0. The SMILES string of the molecule is CCC(C)(C(=O)NCCCS(C)=O)C(N)=S. The molecule has 0 aliphatic rings. The molecule has 3 N–H and O–H groups in total. The molecule has 16 heavy (non-hydrogen) atoms. The molecule has 0 heterocycles. The summed E-state index contributed by atoms with van der Waals surface area (Å²) in [7, 11) is -0.814. The van der Waals surface area contributed by atoms with Crippen LogP contribution in [0, 0.1) is 5.41 Å². The Morgan fingerprint density at radius 3 is 2.50 bits per heavy atom. The van der Waals surface area contributed by atoms with Gasteiger partial charge < -0.3 is 11.1 Å². The second-order valence-electron chi connectivity index (χ2n) is 3.94. The first-order valence-corrected chi connectivity index (χ1v) is 7.36. The van der Waals surface area contributed by atoms with Crippen molar-refractivity contribution in [3.63, 3.8) is 0 Å². The molecule has 6 heteroatoms. The van der Waals surface area contributed by atoms with Gasteiger partial charge in [0.25, 0.3) is 0 Å². The number of carbonyl (C=O) groups is 1. The average Bonchev–Trinajstić information content (AvgIpc) is 2.22. The minimum Gasteiger partial charge on any atom is -0.392 e. The van der Waals surface area contributed by atoms with Gasteiger partial charge in [-0.05, 0) is 19.8 Å². The van der Waals surface area contributed by atoms with Crippen molar-refractivity contribution in [2.24, 2.45) is 11.1 Å². The summed E-state index contributed by atoms with van der Waals surface area (Å²) in [5, 5.41) is 2.77. The second kappa shape index (κ2) is 6.96. The van der Waals surface area contributed by atoms with Crippen LogP contribution < -0.4 is 11.1 Å². The van der Waals surface area contributed by atoms with E-state index in [2.05, 4.69) is 5.32 Å². The first-order valence-electron chi connectivity index (χ1n) is 5.22. The van der Waals surface area contributed by atoms with E-state index in [0.29, 0.717) is 25.1 Å². The molecule has 0 rings (SSSR count). The molecule has 1 amide bonds. The van der Waals surface area contributed by atoms with Gasteiger partial charge in [-0.25, -0.2) is 0 Å². The van der Waals surface area contributed by atoms with Crippen molar-refractivity contribution in [2.75, 3.05) is 18.6 Å². The van der Waals surface area contributed by atoms with Gasteiger partial charge in [0.15, 0.2) is 0 Å². The Labute approximate surface area is 105 Å². The first kappa shape index (κ1) is 15.5. The van der Waals surface area contributed by atoms with Gasteiger partial charge in [-0.2, -0.15) is 0 Å². The highest BCUT2D eigenvalue weighted by atomic mass is 32.2. The number of nitrogens with one attached hydrogen (secondary N) is 1. The first-order chi connectivity index (χ1) is 7.34. The maximum Gasteiger partial charge on any atom is 0.232 e. The molecule has 0 aliphatic carbocycles. The fourth-order valence-electron chi connectivity index (χ4n) is 1.12. The number of thiocarbonyl (C=S) groups is 1. The second-order valence-corrected chi connectivity index (χ2v) is 5.93. The lowest BCUT2D eigenvalue weighted by Crippen LogP contribution is -2.46. The van der Waals surface area contributed by atoms with E-state index in [1.54, 1.807) is 13.2 Å². The summed E-state index contributed by atoms with van der Waals surface area (Å²) in [6, 6.07) is 0. The molecule has 0 saturated heterocycles. The standard InChI is InChI=1S/C10H20N2O2S2/c1-4-10(2,8(11)15)9(13)12-6-5-7-16(3)14/h4-7H2,1-3H3,(H2,11,15)(H,12,13). The van der Waals surface area contributed by atoms with Crippen molar-refractivity contribution in [1.82, 2.24) is 5.32 Å². The molecule has 0 spiro atoms. The quantitative estimate of drug-likeness (QED) is 0.521. The van der Waals surface area contributed by atoms with E-state index in [1.165, 1.54) is 0 Å². The predicted molar refractivity (Wildman–Crippen MR) is 71.7 cm³/mol. The summed E-state index contributed by atoms with van der Waals surface area (Å²) in [6.07, 6.45) is 2.92. The molecule has 0 aromatic carbocycles. The van der Waals surface area contributed by atoms with Crippen molar-refractivity contribution in [1.29, 1.82) is 0 Å². The minimum absolute atomic E-state index is 0.149. The molecule has 4 nitrogen and oxygen atoms in total. The van der Waals surface area contributed by atoms with E-state index in [4.69, 9.17) is 18.0 Å². The number of hydrogen-bond acceptors (Lipinski definition) is 3. The summed E-state index contributed by atoms with van der Waals surface area (Å²) in [4.78, 5) is 12.0. The van der Waals surface area contributed by atoms with Crippen LogP contribution in [0.2, 0.25) is 0 Å². The van der Waals surface area contributed by atoms with E-state index < -0.39 is 16.2 Å². The molecule has 0 radical (unpaired) electrons. The summed E-state index contributed by atoms with van der Waals surface area (Å²) < 4.78 is 10.8. The van der Waals surface area contributed by atoms with Gasteiger partial charge in [0.1, 0.15) is 0 Å². The molecular weight excluding hydrogens is 244 g/mol. The lowest BCUT2D eigenvalue weighted by molar-refractivity contribution is -0.126. The summed E-state index contributed by atoms with van der Waals surface area (Å²) in [5.74, 6) is 0.445. The summed E-state index contributed by atoms with van der Waals surface area (Å²) in [5.41, 5.74) is 4.78. The van der Waals surface area contributed by atoms with Crippen LogP contribution in [0.4, 0.5) is 0 Å². The van der Waals surface area contributed by atoms with Crippen LogP contribution in [0.15, 0.2) is 0 Å². The number of nitrogens with two attached hydrogens (primary N) is 1. The van der Waals surface area contributed by atoms with E-state index in [1.807, 2.05) is 6.92 Å². The van der Waals surface area contributed by atoms with Crippen molar-refractivity contribution >= 4 is 33.9 Å². The zero-order chi connectivity index (χ0) is 12.8. The Kier molecular flexibility index (Phi) is 6.74. The molecule has 94 valence electrons. The van der Waals surface area contributed by atoms with Gasteiger partial charge in [-0.1, -0.05) is 19.1 Å². The predicted octanol–water partition coefficient (Wildman–Crippen LogP) is 0.574.